The number of benzene rings is 1. The second-order valence-corrected chi connectivity index (χ2v) is 6.34. The fourth-order valence-corrected chi connectivity index (χ4v) is 3.00. The molecule has 1 amide bonds. The summed E-state index contributed by atoms with van der Waals surface area (Å²) in [7, 11) is 1.62. The van der Waals surface area contributed by atoms with Crippen LogP contribution >= 0.6 is 0 Å². The molecule has 0 bridgehead atoms. The van der Waals surface area contributed by atoms with Gasteiger partial charge in [0.2, 0.25) is 0 Å². The van der Waals surface area contributed by atoms with Crippen molar-refractivity contribution in [2.45, 2.75) is 6.04 Å². The van der Waals surface area contributed by atoms with E-state index in [9.17, 15) is 4.79 Å². The minimum absolute atomic E-state index is 0.266. The Hall–Kier alpha value is -4.00. The number of ether oxygens (including phenoxy) is 1. The van der Waals surface area contributed by atoms with Crippen molar-refractivity contribution >= 4 is 5.91 Å². The first-order chi connectivity index (χ1) is 14.2. The lowest BCUT2D eigenvalue weighted by Gasteiger charge is -2.19. The Kier molecular flexibility index (Phi) is 5.29. The minimum Gasteiger partial charge on any atom is -0.497 e. The van der Waals surface area contributed by atoms with Gasteiger partial charge in [0.15, 0.2) is 0 Å². The molecule has 3 aromatic heterocycles. The van der Waals surface area contributed by atoms with Crippen molar-refractivity contribution in [3.05, 3.63) is 96.1 Å². The molecule has 2 N–H and O–H groups in total. The zero-order valence-electron chi connectivity index (χ0n) is 15.7. The van der Waals surface area contributed by atoms with Crippen molar-refractivity contribution in [3.63, 3.8) is 0 Å². The van der Waals surface area contributed by atoms with Gasteiger partial charge in [-0.05, 0) is 53.6 Å². The van der Waals surface area contributed by atoms with Crippen LogP contribution in [0.15, 0.2) is 79.3 Å². The largest absolute Gasteiger partial charge is 0.497 e. The summed E-state index contributed by atoms with van der Waals surface area (Å²) in [4.78, 5) is 21.3. The van der Waals surface area contributed by atoms with Crippen molar-refractivity contribution in [3.8, 4) is 17.1 Å². The van der Waals surface area contributed by atoms with Crippen LogP contribution in [0.3, 0.4) is 0 Å². The number of rotatable bonds is 6. The van der Waals surface area contributed by atoms with E-state index in [-0.39, 0.29) is 11.9 Å². The summed E-state index contributed by atoms with van der Waals surface area (Å²) in [6, 6.07) is 18.2. The zero-order valence-corrected chi connectivity index (χ0v) is 15.7. The summed E-state index contributed by atoms with van der Waals surface area (Å²) in [6.07, 6.45) is 5.09. The Balaban J connectivity index is 1.60. The maximum atomic E-state index is 12.9. The topological polar surface area (TPSA) is 92.8 Å². The SMILES string of the molecule is COc1ccc([C@@H](NC(=O)c2cc(-c3ccccn3)n[nH]2)c2ccncc2)cc1. The van der Waals surface area contributed by atoms with E-state index < -0.39 is 0 Å². The number of H-pyrrole nitrogens is 1. The van der Waals surface area contributed by atoms with Gasteiger partial charge in [0, 0.05) is 18.6 Å². The average Bonchev–Trinajstić information content (AvgIpc) is 3.29. The molecule has 0 radical (unpaired) electrons. The fraction of sp³-hybridized carbons (Fsp3) is 0.0909. The molecule has 1 aromatic carbocycles. The Labute approximate surface area is 167 Å². The molecule has 7 heteroatoms. The van der Waals surface area contributed by atoms with E-state index in [4.69, 9.17) is 4.74 Å². The minimum atomic E-state index is -0.349. The Morgan fingerprint density at radius 2 is 1.72 bits per heavy atom. The number of hydrogen-bond donors (Lipinski definition) is 2. The first-order valence-electron chi connectivity index (χ1n) is 9.06. The Morgan fingerprint density at radius 3 is 2.41 bits per heavy atom. The van der Waals surface area contributed by atoms with Crippen LogP contribution in [0.5, 0.6) is 5.75 Å². The summed E-state index contributed by atoms with van der Waals surface area (Å²) >= 11 is 0. The van der Waals surface area contributed by atoms with Gasteiger partial charge in [-0.3, -0.25) is 19.9 Å². The summed E-state index contributed by atoms with van der Waals surface area (Å²) < 4.78 is 5.23. The third-order valence-corrected chi connectivity index (χ3v) is 4.51. The summed E-state index contributed by atoms with van der Waals surface area (Å²) in [5, 5.41) is 10.1. The summed E-state index contributed by atoms with van der Waals surface area (Å²) in [5.41, 5.74) is 3.51. The molecule has 4 rings (SSSR count). The van der Waals surface area contributed by atoms with E-state index in [1.54, 1.807) is 31.8 Å². The van der Waals surface area contributed by atoms with Gasteiger partial charge in [-0.25, -0.2) is 0 Å². The molecule has 4 aromatic rings. The molecule has 0 saturated heterocycles. The van der Waals surface area contributed by atoms with Gasteiger partial charge in [-0.1, -0.05) is 18.2 Å². The number of amides is 1. The molecule has 144 valence electrons. The van der Waals surface area contributed by atoms with Crippen LogP contribution < -0.4 is 10.1 Å². The van der Waals surface area contributed by atoms with Gasteiger partial charge in [0.1, 0.15) is 17.1 Å². The number of nitrogens with one attached hydrogen (secondary N) is 2. The van der Waals surface area contributed by atoms with Crippen LogP contribution in [0.4, 0.5) is 0 Å². The predicted octanol–water partition coefficient (Wildman–Crippen LogP) is 3.39. The molecule has 0 spiro atoms. The third kappa shape index (κ3) is 4.14. The standard InChI is InChI=1S/C22H19N5O2/c1-29-17-7-5-15(6-8-17)21(16-9-12-23-13-10-16)25-22(28)20-14-19(26-27-20)18-4-2-3-11-24-18/h2-14,21H,1H3,(H,25,28)(H,26,27)/t21-/m1/s1. The van der Waals surface area contributed by atoms with E-state index in [1.165, 1.54) is 0 Å². The van der Waals surface area contributed by atoms with Crippen molar-refractivity contribution in [1.29, 1.82) is 0 Å². The number of nitrogens with zero attached hydrogens (tertiary/aromatic N) is 3. The van der Waals surface area contributed by atoms with Crippen molar-refractivity contribution in [2.24, 2.45) is 0 Å². The van der Waals surface area contributed by atoms with Crippen molar-refractivity contribution in [1.82, 2.24) is 25.5 Å². The van der Waals surface area contributed by atoms with Crippen molar-refractivity contribution in [2.75, 3.05) is 7.11 Å². The lowest BCUT2D eigenvalue weighted by atomic mass is 9.99. The van der Waals surface area contributed by atoms with Crippen LogP contribution in [0, 0.1) is 0 Å². The van der Waals surface area contributed by atoms with Gasteiger partial charge in [-0.15, -0.1) is 0 Å². The Morgan fingerprint density at radius 1 is 0.966 bits per heavy atom. The highest BCUT2D eigenvalue weighted by Crippen LogP contribution is 2.24. The van der Waals surface area contributed by atoms with E-state index in [0.29, 0.717) is 17.1 Å². The number of pyridine rings is 2. The van der Waals surface area contributed by atoms with Gasteiger partial charge in [0.05, 0.1) is 18.8 Å². The van der Waals surface area contributed by atoms with Crippen molar-refractivity contribution < 1.29 is 9.53 Å². The molecule has 7 nitrogen and oxygen atoms in total. The lowest BCUT2D eigenvalue weighted by molar-refractivity contribution is 0.0938. The molecule has 0 aliphatic rings. The highest BCUT2D eigenvalue weighted by Gasteiger charge is 2.20. The average molecular weight is 385 g/mol. The van der Waals surface area contributed by atoms with E-state index in [1.807, 2.05) is 54.6 Å². The fourth-order valence-electron chi connectivity index (χ4n) is 3.00. The number of carbonyl (C=O) groups is 1. The number of aromatic amines is 1. The molecular weight excluding hydrogens is 366 g/mol. The number of aromatic nitrogens is 4. The van der Waals surface area contributed by atoms with Crippen LogP contribution in [-0.2, 0) is 0 Å². The second-order valence-electron chi connectivity index (χ2n) is 6.34. The number of hydrogen-bond acceptors (Lipinski definition) is 5. The van der Waals surface area contributed by atoms with Crippen LogP contribution in [0.25, 0.3) is 11.4 Å². The number of methoxy groups -OCH3 is 1. The molecule has 0 fully saturated rings. The molecule has 3 heterocycles. The molecule has 0 aliphatic carbocycles. The van der Waals surface area contributed by atoms with Gasteiger partial charge < -0.3 is 10.1 Å². The number of carbonyl (C=O) groups excluding carboxylic acids is 1. The van der Waals surface area contributed by atoms with Crippen LogP contribution in [0.2, 0.25) is 0 Å². The smallest absolute Gasteiger partial charge is 0.270 e. The maximum absolute atomic E-state index is 12.9. The van der Waals surface area contributed by atoms with Crippen LogP contribution in [0.1, 0.15) is 27.7 Å². The third-order valence-electron chi connectivity index (χ3n) is 4.51. The maximum Gasteiger partial charge on any atom is 0.270 e. The summed E-state index contributed by atoms with van der Waals surface area (Å²) in [6.45, 7) is 0. The highest BCUT2D eigenvalue weighted by atomic mass is 16.5. The predicted molar refractivity (Wildman–Crippen MR) is 108 cm³/mol. The summed E-state index contributed by atoms with van der Waals surface area (Å²) in [5.74, 6) is 0.486. The van der Waals surface area contributed by atoms with Gasteiger partial charge in [-0.2, -0.15) is 5.10 Å². The normalized spacial score (nSPS) is 11.6. The lowest BCUT2D eigenvalue weighted by Crippen LogP contribution is -2.29. The van der Waals surface area contributed by atoms with Gasteiger partial charge in [0.25, 0.3) is 5.91 Å². The molecule has 0 aliphatic heterocycles. The molecule has 1 atom stereocenters. The first kappa shape index (κ1) is 18.4. The monoisotopic (exact) mass is 385 g/mol. The zero-order chi connectivity index (χ0) is 20.1. The molecule has 0 saturated carbocycles. The molecule has 29 heavy (non-hydrogen) atoms. The van der Waals surface area contributed by atoms with E-state index >= 15 is 0 Å². The second kappa shape index (κ2) is 8.35. The van der Waals surface area contributed by atoms with E-state index in [2.05, 4.69) is 25.5 Å². The Bertz CT molecular complexity index is 1080. The first-order valence-corrected chi connectivity index (χ1v) is 9.06. The highest BCUT2D eigenvalue weighted by molar-refractivity contribution is 5.93. The molecular formula is C22H19N5O2. The quantitative estimate of drug-likeness (QED) is 0.531. The van der Waals surface area contributed by atoms with E-state index in [0.717, 1.165) is 16.9 Å². The van der Waals surface area contributed by atoms with Gasteiger partial charge >= 0.3 is 0 Å². The molecule has 0 unspecified atom stereocenters. The van der Waals surface area contributed by atoms with Crippen LogP contribution in [-0.4, -0.2) is 33.2 Å².